The zero-order valence-corrected chi connectivity index (χ0v) is 19.5. The lowest BCUT2D eigenvalue weighted by molar-refractivity contribution is 0.265. The molecular weight excluding hydrogens is 437 g/mol. The molecule has 2 unspecified atom stereocenters. The molecule has 1 aromatic carbocycles. The molecule has 1 aliphatic heterocycles. The van der Waals surface area contributed by atoms with Crippen molar-refractivity contribution in [2.75, 3.05) is 34.2 Å². The SMILES string of the molecule is CN=C(NCc1ccccc1CN(C)C)NC1CN(C(C)C)CC1C.I. The second kappa shape index (κ2) is 11.1. The zero-order valence-electron chi connectivity index (χ0n) is 17.1. The monoisotopic (exact) mass is 473 g/mol. The summed E-state index contributed by atoms with van der Waals surface area (Å²) in [6.45, 7) is 10.8. The highest BCUT2D eigenvalue weighted by atomic mass is 127. The summed E-state index contributed by atoms with van der Waals surface area (Å²) in [6, 6.07) is 9.65. The number of guanidine groups is 1. The van der Waals surface area contributed by atoms with Gasteiger partial charge in [-0.05, 0) is 45.0 Å². The van der Waals surface area contributed by atoms with E-state index in [1.54, 1.807) is 0 Å². The highest BCUT2D eigenvalue weighted by molar-refractivity contribution is 14.0. The van der Waals surface area contributed by atoms with Crippen molar-refractivity contribution in [1.29, 1.82) is 0 Å². The highest BCUT2D eigenvalue weighted by Gasteiger charge is 2.31. The third-order valence-corrected chi connectivity index (χ3v) is 4.97. The van der Waals surface area contributed by atoms with Crippen LogP contribution in [0.5, 0.6) is 0 Å². The molecule has 0 aromatic heterocycles. The van der Waals surface area contributed by atoms with Crippen LogP contribution in [0.25, 0.3) is 0 Å². The summed E-state index contributed by atoms with van der Waals surface area (Å²) >= 11 is 0. The molecule has 0 bridgehead atoms. The van der Waals surface area contributed by atoms with Crippen LogP contribution in [0.3, 0.4) is 0 Å². The average Bonchev–Trinajstić information content (AvgIpc) is 2.93. The summed E-state index contributed by atoms with van der Waals surface area (Å²) in [5, 5.41) is 7.11. The fourth-order valence-electron chi connectivity index (χ4n) is 3.39. The smallest absolute Gasteiger partial charge is 0.191 e. The van der Waals surface area contributed by atoms with Crippen LogP contribution in [0.2, 0.25) is 0 Å². The molecule has 2 atom stereocenters. The van der Waals surface area contributed by atoms with E-state index in [1.807, 2.05) is 7.05 Å². The first-order valence-electron chi connectivity index (χ1n) is 9.33. The van der Waals surface area contributed by atoms with Gasteiger partial charge in [-0.3, -0.25) is 9.89 Å². The number of hydrogen-bond acceptors (Lipinski definition) is 3. The summed E-state index contributed by atoms with van der Waals surface area (Å²) in [5.74, 6) is 1.52. The van der Waals surface area contributed by atoms with Crippen LogP contribution in [0.1, 0.15) is 31.9 Å². The van der Waals surface area contributed by atoms with Gasteiger partial charge in [-0.15, -0.1) is 24.0 Å². The molecule has 0 amide bonds. The van der Waals surface area contributed by atoms with Crippen LogP contribution in [-0.2, 0) is 13.1 Å². The Bertz CT molecular complexity index is 573. The van der Waals surface area contributed by atoms with Gasteiger partial charge in [-0.25, -0.2) is 0 Å². The summed E-state index contributed by atoms with van der Waals surface area (Å²) in [7, 11) is 6.06. The number of rotatable bonds is 6. The van der Waals surface area contributed by atoms with Gasteiger partial charge >= 0.3 is 0 Å². The molecule has 0 radical (unpaired) electrons. The quantitative estimate of drug-likeness (QED) is 0.379. The zero-order chi connectivity index (χ0) is 18.4. The van der Waals surface area contributed by atoms with Gasteiger partial charge < -0.3 is 15.5 Å². The van der Waals surface area contributed by atoms with Crippen molar-refractivity contribution in [3.8, 4) is 0 Å². The van der Waals surface area contributed by atoms with E-state index in [4.69, 9.17) is 0 Å². The molecule has 1 aromatic rings. The lowest BCUT2D eigenvalue weighted by Gasteiger charge is -2.22. The van der Waals surface area contributed by atoms with E-state index in [2.05, 4.69) is 84.6 Å². The van der Waals surface area contributed by atoms with Gasteiger partial charge in [0.1, 0.15) is 0 Å². The molecule has 26 heavy (non-hydrogen) atoms. The minimum absolute atomic E-state index is 0. The molecule has 0 saturated carbocycles. The number of hydrogen-bond donors (Lipinski definition) is 2. The van der Waals surface area contributed by atoms with E-state index >= 15 is 0 Å². The van der Waals surface area contributed by atoms with Crippen molar-refractivity contribution in [2.24, 2.45) is 10.9 Å². The van der Waals surface area contributed by atoms with E-state index in [1.165, 1.54) is 11.1 Å². The first-order chi connectivity index (χ1) is 11.9. The molecular formula is C20H36IN5. The fourth-order valence-corrected chi connectivity index (χ4v) is 3.39. The Labute approximate surface area is 176 Å². The Hall–Kier alpha value is -0.860. The van der Waals surface area contributed by atoms with Gasteiger partial charge in [0.2, 0.25) is 0 Å². The Morgan fingerprint density at radius 3 is 2.42 bits per heavy atom. The van der Waals surface area contributed by atoms with Crippen LogP contribution in [0.15, 0.2) is 29.3 Å². The van der Waals surface area contributed by atoms with Gasteiger partial charge in [0, 0.05) is 45.3 Å². The van der Waals surface area contributed by atoms with Crippen molar-refractivity contribution in [3.05, 3.63) is 35.4 Å². The van der Waals surface area contributed by atoms with Crippen molar-refractivity contribution in [3.63, 3.8) is 0 Å². The van der Waals surface area contributed by atoms with E-state index in [0.29, 0.717) is 18.0 Å². The maximum absolute atomic E-state index is 4.43. The van der Waals surface area contributed by atoms with Crippen molar-refractivity contribution < 1.29 is 0 Å². The molecule has 1 aliphatic rings. The Morgan fingerprint density at radius 1 is 1.23 bits per heavy atom. The predicted molar refractivity (Wildman–Crippen MR) is 122 cm³/mol. The lowest BCUT2D eigenvalue weighted by atomic mass is 10.1. The van der Waals surface area contributed by atoms with Crippen LogP contribution in [0, 0.1) is 5.92 Å². The highest BCUT2D eigenvalue weighted by Crippen LogP contribution is 2.18. The third kappa shape index (κ3) is 6.70. The Morgan fingerprint density at radius 2 is 1.88 bits per heavy atom. The average molecular weight is 473 g/mol. The number of aliphatic imine (C=N–C) groups is 1. The van der Waals surface area contributed by atoms with E-state index in [0.717, 1.165) is 32.1 Å². The number of halogens is 1. The van der Waals surface area contributed by atoms with Gasteiger partial charge in [-0.1, -0.05) is 31.2 Å². The minimum Gasteiger partial charge on any atom is -0.352 e. The first kappa shape index (κ1) is 23.2. The normalized spacial score (nSPS) is 21.2. The van der Waals surface area contributed by atoms with E-state index in [-0.39, 0.29) is 24.0 Å². The van der Waals surface area contributed by atoms with E-state index in [9.17, 15) is 0 Å². The van der Waals surface area contributed by atoms with Crippen molar-refractivity contribution >= 4 is 29.9 Å². The minimum atomic E-state index is 0. The summed E-state index contributed by atoms with van der Waals surface area (Å²) in [5.41, 5.74) is 2.68. The second-order valence-corrected chi connectivity index (χ2v) is 7.71. The number of nitrogens with one attached hydrogen (secondary N) is 2. The van der Waals surface area contributed by atoms with Crippen LogP contribution >= 0.6 is 24.0 Å². The molecule has 1 heterocycles. The molecule has 5 nitrogen and oxygen atoms in total. The van der Waals surface area contributed by atoms with Crippen molar-refractivity contribution in [2.45, 2.75) is 45.9 Å². The Kier molecular flexibility index (Phi) is 9.89. The maximum Gasteiger partial charge on any atom is 0.191 e. The Balaban J connectivity index is 0.00000338. The summed E-state index contributed by atoms with van der Waals surface area (Å²) in [4.78, 5) is 9.16. The van der Waals surface area contributed by atoms with Gasteiger partial charge in [0.05, 0.1) is 0 Å². The fraction of sp³-hybridized carbons (Fsp3) is 0.650. The van der Waals surface area contributed by atoms with Gasteiger partial charge in [0.15, 0.2) is 5.96 Å². The first-order valence-corrected chi connectivity index (χ1v) is 9.33. The molecule has 1 saturated heterocycles. The van der Waals surface area contributed by atoms with Gasteiger partial charge in [0.25, 0.3) is 0 Å². The molecule has 6 heteroatoms. The van der Waals surface area contributed by atoms with Crippen molar-refractivity contribution in [1.82, 2.24) is 20.4 Å². The molecule has 0 aliphatic carbocycles. The number of nitrogens with zero attached hydrogens (tertiary/aromatic N) is 3. The van der Waals surface area contributed by atoms with Gasteiger partial charge in [-0.2, -0.15) is 0 Å². The third-order valence-electron chi connectivity index (χ3n) is 4.97. The van der Waals surface area contributed by atoms with Crippen LogP contribution in [-0.4, -0.2) is 62.1 Å². The number of benzene rings is 1. The second-order valence-electron chi connectivity index (χ2n) is 7.71. The topological polar surface area (TPSA) is 42.9 Å². The van der Waals surface area contributed by atoms with E-state index < -0.39 is 0 Å². The molecule has 148 valence electrons. The largest absolute Gasteiger partial charge is 0.352 e. The number of likely N-dealkylation sites (tertiary alicyclic amines) is 1. The molecule has 0 spiro atoms. The van der Waals surface area contributed by atoms with Crippen LogP contribution in [0.4, 0.5) is 0 Å². The molecule has 1 fully saturated rings. The summed E-state index contributed by atoms with van der Waals surface area (Å²) < 4.78 is 0. The van der Waals surface area contributed by atoms with Crippen LogP contribution < -0.4 is 10.6 Å². The summed E-state index contributed by atoms with van der Waals surface area (Å²) in [6.07, 6.45) is 0. The lowest BCUT2D eigenvalue weighted by Crippen LogP contribution is -2.46. The standard InChI is InChI=1S/C20H35N5.HI/c1-15(2)25-12-16(3)19(14-25)23-20(21-4)22-11-17-9-7-8-10-18(17)13-24(5)6;/h7-10,15-16,19H,11-14H2,1-6H3,(H2,21,22,23);1H. The molecule has 2 rings (SSSR count). The molecule has 2 N–H and O–H groups in total. The maximum atomic E-state index is 4.43. The predicted octanol–water partition coefficient (Wildman–Crippen LogP) is 2.76.